The number of aromatic nitrogens is 2. The van der Waals surface area contributed by atoms with Gasteiger partial charge in [0.15, 0.2) is 0 Å². The summed E-state index contributed by atoms with van der Waals surface area (Å²) in [4.78, 5) is 15.5. The van der Waals surface area contributed by atoms with Crippen LogP contribution in [0, 0.1) is 0 Å². The van der Waals surface area contributed by atoms with Gasteiger partial charge in [0.25, 0.3) is 0 Å². The molecule has 5 heteroatoms. The van der Waals surface area contributed by atoms with Gasteiger partial charge < -0.3 is 0 Å². The molecule has 112 valence electrons. The summed E-state index contributed by atoms with van der Waals surface area (Å²) in [6.45, 7) is 8.67. The summed E-state index contributed by atoms with van der Waals surface area (Å²) in [6, 6.07) is 0. The van der Waals surface area contributed by atoms with Crippen LogP contribution in [0.25, 0.3) is 0 Å². The van der Waals surface area contributed by atoms with E-state index in [4.69, 9.17) is 11.6 Å². The first-order valence-electron chi connectivity index (χ1n) is 7.61. The van der Waals surface area contributed by atoms with Crippen LogP contribution < -0.4 is 0 Å². The fourth-order valence-corrected chi connectivity index (χ4v) is 3.75. The first-order chi connectivity index (χ1) is 9.60. The average Bonchev–Trinajstić information content (AvgIpc) is 3.07. The molecule has 1 saturated carbocycles. The average molecular weight is 298 g/mol. The second kappa shape index (κ2) is 6.27. The van der Waals surface area contributed by atoms with E-state index in [0.29, 0.717) is 17.3 Å². The summed E-state index contributed by atoms with van der Waals surface area (Å²) in [7, 11) is 0. The molecule has 1 fully saturated rings. The van der Waals surface area contributed by atoms with Gasteiger partial charge in [-0.1, -0.05) is 38.3 Å². The van der Waals surface area contributed by atoms with Gasteiger partial charge in [-0.3, -0.25) is 14.4 Å². The number of halogens is 1. The number of likely N-dealkylation sites (N-methyl/N-ethyl adjacent to an activating group) is 1. The molecule has 1 aliphatic rings. The molecule has 0 unspecified atom stereocenters. The van der Waals surface area contributed by atoms with Crippen LogP contribution in [0.15, 0.2) is 6.20 Å². The Kier molecular flexibility index (Phi) is 4.86. The van der Waals surface area contributed by atoms with Crippen molar-refractivity contribution in [3.8, 4) is 0 Å². The van der Waals surface area contributed by atoms with E-state index in [1.54, 1.807) is 10.9 Å². The molecule has 1 aromatic heterocycles. The maximum atomic E-state index is 13.2. The van der Waals surface area contributed by atoms with Crippen LogP contribution in [-0.4, -0.2) is 39.1 Å². The number of carbonyl (C=O) groups is 1. The van der Waals surface area contributed by atoms with E-state index >= 15 is 0 Å². The number of rotatable bonds is 6. The van der Waals surface area contributed by atoms with Gasteiger partial charge in [-0.05, 0) is 32.9 Å². The van der Waals surface area contributed by atoms with E-state index < -0.39 is 0 Å². The normalized spacial score (nSPS) is 17.9. The Morgan fingerprint density at radius 1 is 1.35 bits per heavy atom. The lowest BCUT2D eigenvalue weighted by atomic mass is 9.87. The molecule has 4 nitrogen and oxygen atoms in total. The lowest BCUT2D eigenvalue weighted by Gasteiger charge is -2.39. The van der Waals surface area contributed by atoms with Crippen molar-refractivity contribution < 1.29 is 4.79 Å². The van der Waals surface area contributed by atoms with Gasteiger partial charge >= 0.3 is 0 Å². The van der Waals surface area contributed by atoms with Crippen molar-refractivity contribution in [3.05, 3.63) is 16.9 Å². The van der Waals surface area contributed by atoms with Gasteiger partial charge in [0.05, 0.1) is 16.8 Å². The number of hydrogen-bond donors (Lipinski definition) is 0. The zero-order chi connectivity index (χ0) is 14.8. The quantitative estimate of drug-likeness (QED) is 0.755. The molecule has 1 aromatic rings. The maximum absolute atomic E-state index is 13.2. The summed E-state index contributed by atoms with van der Waals surface area (Å²) in [5, 5.41) is 4.70. The molecule has 20 heavy (non-hydrogen) atoms. The molecule has 0 bridgehead atoms. The molecule has 2 rings (SSSR count). The van der Waals surface area contributed by atoms with E-state index in [-0.39, 0.29) is 11.3 Å². The van der Waals surface area contributed by atoms with Gasteiger partial charge in [-0.15, -0.1) is 0 Å². The van der Waals surface area contributed by atoms with E-state index in [9.17, 15) is 4.79 Å². The Balaban J connectivity index is 2.44. The van der Waals surface area contributed by atoms with Gasteiger partial charge in [-0.2, -0.15) is 5.10 Å². The predicted octanol–water partition coefficient (Wildman–Crippen LogP) is 3.39. The Labute approximate surface area is 126 Å². The lowest BCUT2D eigenvalue weighted by molar-refractivity contribution is 0.0573. The van der Waals surface area contributed by atoms with Crippen LogP contribution in [0.3, 0.4) is 0 Å². The molecular weight excluding hydrogens is 274 g/mol. The minimum atomic E-state index is -0.375. The highest BCUT2D eigenvalue weighted by molar-refractivity contribution is 6.34. The Morgan fingerprint density at radius 3 is 2.45 bits per heavy atom. The third kappa shape index (κ3) is 2.40. The van der Waals surface area contributed by atoms with Crippen LogP contribution in [0.5, 0.6) is 0 Å². The van der Waals surface area contributed by atoms with Crippen LogP contribution in [0.4, 0.5) is 0 Å². The summed E-state index contributed by atoms with van der Waals surface area (Å²) in [5.74, 6) is 0.156. The van der Waals surface area contributed by atoms with Crippen molar-refractivity contribution in [1.82, 2.24) is 14.7 Å². The number of nitrogens with zero attached hydrogens (tertiary/aromatic N) is 3. The van der Waals surface area contributed by atoms with Crippen LogP contribution in [0.2, 0.25) is 5.02 Å². The lowest BCUT2D eigenvalue weighted by Crippen LogP contribution is -2.53. The van der Waals surface area contributed by atoms with Crippen molar-refractivity contribution in [2.45, 2.75) is 58.5 Å². The first-order valence-corrected chi connectivity index (χ1v) is 7.99. The Hall–Kier alpha value is -0.870. The van der Waals surface area contributed by atoms with Crippen LogP contribution in [-0.2, 0) is 6.54 Å². The molecule has 0 radical (unpaired) electrons. The summed E-state index contributed by atoms with van der Waals surface area (Å²) < 4.78 is 1.73. The van der Waals surface area contributed by atoms with E-state index in [1.165, 1.54) is 0 Å². The zero-order valence-electron chi connectivity index (χ0n) is 12.7. The summed E-state index contributed by atoms with van der Waals surface area (Å²) >= 11 is 6.23. The van der Waals surface area contributed by atoms with Gasteiger partial charge in [0, 0.05) is 6.54 Å². The molecule has 0 aromatic carbocycles. The molecule has 0 spiro atoms. The van der Waals surface area contributed by atoms with Crippen molar-refractivity contribution in [2.24, 2.45) is 0 Å². The van der Waals surface area contributed by atoms with Crippen molar-refractivity contribution in [1.29, 1.82) is 0 Å². The number of carbonyl (C=O) groups excluding carboxylic acids is 1. The molecule has 0 N–H and O–H groups in total. The second-order valence-electron chi connectivity index (χ2n) is 5.40. The first kappa shape index (κ1) is 15.5. The molecule has 0 aliphatic heterocycles. The third-order valence-corrected chi connectivity index (χ3v) is 4.81. The van der Waals surface area contributed by atoms with Crippen molar-refractivity contribution >= 4 is 17.4 Å². The Morgan fingerprint density at radius 2 is 1.95 bits per heavy atom. The monoisotopic (exact) mass is 297 g/mol. The molecule has 1 aliphatic carbocycles. The highest BCUT2D eigenvalue weighted by Crippen LogP contribution is 2.39. The largest absolute Gasteiger partial charge is 0.291 e. The topological polar surface area (TPSA) is 38.1 Å². The third-order valence-electron chi connectivity index (χ3n) is 4.53. The zero-order valence-corrected chi connectivity index (χ0v) is 13.4. The number of Topliss-reactive ketones (excluding diaryl/α,β-unsaturated/α-hetero) is 1. The number of aryl methyl sites for hydroxylation is 1. The second-order valence-corrected chi connectivity index (χ2v) is 5.80. The smallest absolute Gasteiger partial charge is 0.202 e. The molecular formula is C15H24ClN3O. The fraction of sp³-hybridized carbons (Fsp3) is 0.733. The van der Waals surface area contributed by atoms with Crippen LogP contribution >= 0.6 is 11.6 Å². The van der Waals surface area contributed by atoms with Crippen molar-refractivity contribution in [2.75, 3.05) is 13.1 Å². The molecule has 0 atom stereocenters. The number of ketones is 1. The van der Waals surface area contributed by atoms with E-state index in [0.717, 1.165) is 38.8 Å². The van der Waals surface area contributed by atoms with Gasteiger partial charge in [0.1, 0.15) is 5.69 Å². The van der Waals surface area contributed by atoms with Gasteiger partial charge in [-0.25, -0.2) is 0 Å². The van der Waals surface area contributed by atoms with E-state index in [1.807, 2.05) is 6.92 Å². The summed E-state index contributed by atoms with van der Waals surface area (Å²) in [6.07, 6.45) is 5.67. The van der Waals surface area contributed by atoms with E-state index in [2.05, 4.69) is 23.8 Å². The maximum Gasteiger partial charge on any atom is 0.202 e. The summed E-state index contributed by atoms with van der Waals surface area (Å²) in [5.41, 5.74) is 0.211. The predicted molar refractivity (Wildman–Crippen MR) is 81.4 cm³/mol. The fourth-order valence-electron chi connectivity index (χ4n) is 3.52. The van der Waals surface area contributed by atoms with Gasteiger partial charge in [0.2, 0.25) is 5.78 Å². The number of hydrogen-bond acceptors (Lipinski definition) is 3. The highest BCUT2D eigenvalue weighted by Gasteiger charge is 2.46. The molecule has 0 amide bonds. The SMILES string of the molecule is CCN(CC)C1(C(=O)c2c(Cl)cnn2CC)CCCC1. The minimum absolute atomic E-state index is 0.156. The molecule has 0 saturated heterocycles. The molecule has 1 heterocycles. The van der Waals surface area contributed by atoms with Crippen molar-refractivity contribution in [3.63, 3.8) is 0 Å². The Bertz CT molecular complexity index is 473. The minimum Gasteiger partial charge on any atom is -0.291 e. The highest BCUT2D eigenvalue weighted by atomic mass is 35.5. The van der Waals surface area contributed by atoms with Crippen LogP contribution in [0.1, 0.15) is 56.9 Å². The standard InChI is InChI=1S/C15H24ClN3O/c1-4-18(5-2)15(9-7-8-10-15)14(20)13-12(16)11-17-19(13)6-3/h11H,4-10H2,1-3H3.